The van der Waals surface area contributed by atoms with Crippen LogP contribution in [0.5, 0.6) is 5.75 Å². The zero-order chi connectivity index (χ0) is 24.1. The number of rotatable bonds is 9. The molecule has 178 valence electrons. The van der Waals surface area contributed by atoms with Crippen LogP contribution in [0.1, 0.15) is 46.8 Å². The minimum atomic E-state index is -0.163. The van der Waals surface area contributed by atoms with Crippen molar-refractivity contribution in [2.45, 2.75) is 39.3 Å². The normalized spacial score (nSPS) is 14.1. The standard InChI is InChI=1S/C29H34N2O3/c1-20(2)23-6-4-22(5-7-23)17-31-18-27(19-31)34-26-11-8-24(9-12-26)25-10-13-28(21(3)16-25)29(33)30-14-15-32/h4-13,16,20,27,32H,14-15,17-19H2,1-3H3,(H,30,33). The summed E-state index contributed by atoms with van der Waals surface area (Å²) in [5.74, 6) is 1.28. The molecule has 0 saturated carbocycles. The van der Waals surface area contributed by atoms with Gasteiger partial charge >= 0.3 is 0 Å². The van der Waals surface area contributed by atoms with Gasteiger partial charge in [-0.25, -0.2) is 0 Å². The highest BCUT2D eigenvalue weighted by Gasteiger charge is 2.28. The number of ether oxygens (including phenoxy) is 1. The smallest absolute Gasteiger partial charge is 0.251 e. The molecule has 1 saturated heterocycles. The minimum absolute atomic E-state index is 0.0671. The van der Waals surface area contributed by atoms with E-state index in [1.807, 2.05) is 37.3 Å². The largest absolute Gasteiger partial charge is 0.488 e. The first kappa shape index (κ1) is 24.0. The summed E-state index contributed by atoms with van der Waals surface area (Å²) in [4.78, 5) is 14.6. The summed E-state index contributed by atoms with van der Waals surface area (Å²) in [6, 6.07) is 22.9. The zero-order valence-electron chi connectivity index (χ0n) is 20.3. The minimum Gasteiger partial charge on any atom is -0.488 e. The summed E-state index contributed by atoms with van der Waals surface area (Å²) >= 11 is 0. The van der Waals surface area contributed by atoms with Crippen LogP contribution in [-0.2, 0) is 6.54 Å². The summed E-state index contributed by atoms with van der Waals surface area (Å²) in [7, 11) is 0. The number of carbonyl (C=O) groups excluding carboxylic acids is 1. The Balaban J connectivity index is 1.28. The molecule has 0 bridgehead atoms. The Morgan fingerprint density at radius 3 is 2.32 bits per heavy atom. The van der Waals surface area contributed by atoms with Crippen molar-refractivity contribution in [3.63, 3.8) is 0 Å². The number of likely N-dealkylation sites (tertiary alicyclic amines) is 1. The average Bonchev–Trinajstić information content (AvgIpc) is 2.82. The fourth-order valence-corrected chi connectivity index (χ4v) is 4.27. The number of hydrogen-bond donors (Lipinski definition) is 2. The van der Waals surface area contributed by atoms with E-state index in [1.165, 1.54) is 11.1 Å². The second-order valence-electron chi connectivity index (χ2n) is 9.36. The van der Waals surface area contributed by atoms with Crippen LogP contribution >= 0.6 is 0 Å². The molecule has 0 atom stereocenters. The molecular formula is C29H34N2O3. The second kappa shape index (κ2) is 10.9. The highest BCUT2D eigenvalue weighted by molar-refractivity contribution is 5.96. The van der Waals surface area contributed by atoms with Gasteiger partial charge in [-0.2, -0.15) is 0 Å². The molecule has 4 rings (SSSR count). The van der Waals surface area contributed by atoms with Crippen LogP contribution < -0.4 is 10.1 Å². The monoisotopic (exact) mass is 458 g/mol. The van der Waals surface area contributed by atoms with Gasteiger partial charge in [0, 0.05) is 31.7 Å². The maximum absolute atomic E-state index is 12.2. The van der Waals surface area contributed by atoms with Gasteiger partial charge in [-0.15, -0.1) is 0 Å². The Morgan fingerprint density at radius 2 is 1.71 bits per heavy atom. The van der Waals surface area contributed by atoms with Gasteiger partial charge in [-0.05, 0) is 58.9 Å². The molecule has 2 N–H and O–H groups in total. The molecule has 1 aliphatic rings. The lowest BCUT2D eigenvalue weighted by atomic mass is 9.99. The van der Waals surface area contributed by atoms with Crippen LogP contribution in [0.15, 0.2) is 66.7 Å². The first-order valence-corrected chi connectivity index (χ1v) is 12.0. The van der Waals surface area contributed by atoms with Crippen molar-refractivity contribution in [2.24, 2.45) is 0 Å². The van der Waals surface area contributed by atoms with E-state index in [4.69, 9.17) is 9.84 Å². The molecule has 0 aliphatic carbocycles. The molecule has 0 radical (unpaired) electrons. The second-order valence-corrected chi connectivity index (χ2v) is 9.36. The van der Waals surface area contributed by atoms with Crippen molar-refractivity contribution in [3.05, 3.63) is 89.0 Å². The number of benzene rings is 3. The van der Waals surface area contributed by atoms with Gasteiger partial charge in [0.1, 0.15) is 11.9 Å². The van der Waals surface area contributed by atoms with Gasteiger partial charge in [-0.3, -0.25) is 9.69 Å². The average molecular weight is 459 g/mol. The topological polar surface area (TPSA) is 61.8 Å². The van der Waals surface area contributed by atoms with Crippen molar-refractivity contribution in [2.75, 3.05) is 26.2 Å². The summed E-state index contributed by atoms with van der Waals surface area (Å²) in [5.41, 5.74) is 6.40. The van der Waals surface area contributed by atoms with Crippen molar-refractivity contribution in [3.8, 4) is 16.9 Å². The van der Waals surface area contributed by atoms with Gasteiger partial charge in [0.2, 0.25) is 0 Å². The Kier molecular flexibility index (Phi) is 7.66. The molecule has 0 spiro atoms. The van der Waals surface area contributed by atoms with E-state index in [9.17, 15) is 4.79 Å². The van der Waals surface area contributed by atoms with Crippen molar-refractivity contribution >= 4 is 5.91 Å². The van der Waals surface area contributed by atoms with Gasteiger partial charge in [0.05, 0.1) is 6.61 Å². The fourth-order valence-electron chi connectivity index (χ4n) is 4.27. The van der Waals surface area contributed by atoms with Crippen molar-refractivity contribution in [1.82, 2.24) is 10.2 Å². The van der Waals surface area contributed by atoms with E-state index < -0.39 is 0 Å². The van der Waals surface area contributed by atoms with Gasteiger partial charge in [0.25, 0.3) is 5.91 Å². The van der Waals surface area contributed by atoms with Crippen LogP contribution in [0.25, 0.3) is 11.1 Å². The van der Waals surface area contributed by atoms with Gasteiger partial charge in [0.15, 0.2) is 0 Å². The predicted molar refractivity (Wildman–Crippen MR) is 136 cm³/mol. The molecule has 1 fully saturated rings. The Hall–Kier alpha value is -3.15. The van der Waals surface area contributed by atoms with Crippen molar-refractivity contribution in [1.29, 1.82) is 0 Å². The van der Waals surface area contributed by atoms with Crippen LogP contribution in [0, 0.1) is 6.92 Å². The van der Waals surface area contributed by atoms with E-state index in [0.717, 1.165) is 42.1 Å². The van der Waals surface area contributed by atoms with Gasteiger partial charge < -0.3 is 15.2 Å². The zero-order valence-corrected chi connectivity index (χ0v) is 20.3. The van der Waals surface area contributed by atoms with Crippen LogP contribution in [0.4, 0.5) is 0 Å². The van der Waals surface area contributed by atoms with E-state index in [-0.39, 0.29) is 25.2 Å². The molecule has 1 aliphatic heterocycles. The Morgan fingerprint density at radius 1 is 1.03 bits per heavy atom. The quantitative estimate of drug-likeness (QED) is 0.485. The van der Waals surface area contributed by atoms with E-state index >= 15 is 0 Å². The molecule has 0 unspecified atom stereocenters. The Bertz CT molecular complexity index is 1100. The predicted octanol–water partition coefficient (Wildman–Crippen LogP) is 4.77. The number of hydrogen-bond acceptors (Lipinski definition) is 4. The van der Waals surface area contributed by atoms with Crippen LogP contribution in [0.2, 0.25) is 0 Å². The third-order valence-electron chi connectivity index (χ3n) is 6.34. The van der Waals surface area contributed by atoms with E-state index in [0.29, 0.717) is 11.5 Å². The molecule has 0 aromatic heterocycles. The molecule has 3 aromatic carbocycles. The lowest BCUT2D eigenvalue weighted by Crippen LogP contribution is -2.53. The number of nitrogens with one attached hydrogen (secondary N) is 1. The molecule has 3 aromatic rings. The molecule has 5 heteroatoms. The first-order chi connectivity index (χ1) is 16.4. The maximum atomic E-state index is 12.2. The summed E-state index contributed by atoms with van der Waals surface area (Å²) in [6.07, 6.45) is 0.222. The third kappa shape index (κ3) is 5.85. The van der Waals surface area contributed by atoms with E-state index in [1.54, 1.807) is 0 Å². The first-order valence-electron chi connectivity index (χ1n) is 12.0. The lowest BCUT2D eigenvalue weighted by Gasteiger charge is -2.39. The fraction of sp³-hybridized carbons (Fsp3) is 0.345. The summed E-state index contributed by atoms with van der Waals surface area (Å²) in [6.45, 7) is 9.39. The molecule has 5 nitrogen and oxygen atoms in total. The summed E-state index contributed by atoms with van der Waals surface area (Å²) in [5, 5.41) is 11.6. The number of aryl methyl sites for hydroxylation is 1. The Labute approximate surface area is 202 Å². The number of nitrogens with zero attached hydrogens (tertiary/aromatic N) is 1. The van der Waals surface area contributed by atoms with Crippen molar-refractivity contribution < 1.29 is 14.6 Å². The maximum Gasteiger partial charge on any atom is 0.251 e. The number of aliphatic hydroxyl groups excluding tert-OH is 1. The number of amides is 1. The lowest BCUT2D eigenvalue weighted by molar-refractivity contribution is 0.0146. The molecular weight excluding hydrogens is 424 g/mol. The number of aliphatic hydroxyl groups is 1. The van der Waals surface area contributed by atoms with Crippen LogP contribution in [0.3, 0.4) is 0 Å². The summed E-state index contributed by atoms with van der Waals surface area (Å²) < 4.78 is 6.16. The highest BCUT2D eigenvalue weighted by Crippen LogP contribution is 2.26. The molecule has 1 amide bonds. The third-order valence-corrected chi connectivity index (χ3v) is 6.34. The molecule has 1 heterocycles. The van der Waals surface area contributed by atoms with Gasteiger partial charge in [-0.1, -0.05) is 62.4 Å². The van der Waals surface area contributed by atoms with E-state index in [2.05, 4.69) is 60.5 Å². The SMILES string of the molecule is Cc1cc(-c2ccc(OC3CN(Cc4ccc(C(C)C)cc4)C3)cc2)ccc1C(=O)NCCO. The molecule has 34 heavy (non-hydrogen) atoms. The van der Waals surface area contributed by atoms with Crippen LogP contribution in [-0.4, -0.2) is 48.3 Å². The number of carbonyl (C=O) groups is 1. The highest BCUT2D eigenvalue weighted by atomic mass is 16.5.